The molecule has 26 heteroatoms. The number of nitrogens with zero attached hydrogens (tertiary/aromatic N) is 7. The van der Waals surface area contributed by atoms with Gasteiger partial charge in [-0.25, -0.2) is 24.9 Å². The zero-order valence-corrected chi connectivity index (χ0v) is 35.2. The van der Waals surface area contributed by atoms with Crippen LogP contribution in [0.25, 0.3) is 22.2 Å². The Kier molecular flexibility index (Phi) is 13.1. The third-order valence-electron chi connectivity index (χ3n) is 8.83. The van der Waals surface area contributed by atoms with E-state index >= 15 is 0 Å². The van der Waals surface area contributed by atoms with E-state index in [1.165, 1.54) is 23.5 Å². The van der Waals surface area contributed by atoms with Crippen LogP contribution in [0, 0.1) is 0 Å². The molecule has 0 saturated carbocycles. The first-order chi connectivity index (χ1) is 24.0. The van der Waals surface area contributed by atoms with Crippen molar-refractivity contribution >= 4 is 71.9 Å². The predicted molar refractivity (Wildman–Crippen MR) is 177 cm³/mol. The van der Waals surface area contributed by atoms with Crippen molar-refractivity contribution in [3.05, 3.63) is 30.7 Å². The van der Waals surface area contributed by atoms with E-state index in [1.54, 1.807) is 10.8 Å². The number of aliphatic hydroxyl groups is 3. The first-order valence-electron chi connectivity index (χ1n) is 15.6. The van der Waals surface area contributed by atoms with Crippen LogP contribution in [0.4, 0.5) is 11.6 Å². The zero-order valence-electron chi connectivity index (χ0n) is 27.8. The molecule has 4 aliphatic rings. The molecule has 8 heterocycles. The predicted octanol–water partition coefficient (Wildman–Crippen LogP) is -5.31. The van der Waals surface area contributed by atoms with Crippen LogP contribution in [0.5, 0.6) is 0 Å². The van der Waals surface area contributed by atoms with Crippen LogP contribution in [0.3, 0.4) is 0 Å². The standard InChI is InChI=1S/C26H33N9O11P2S2.2Na/c36-5-4-28-22-16-24(32-10-30-22)35(11-33-16)26-20-17(37)13(43-26)7-41-47(39,49)45-19-14(8-42-48(40,50)46-20)44-25(18(19)38)34-6-12-2-1-3-27-21-15(12)23(34)31-9-29-21;;/h6,9-11,13-14,17-20,25-26,36-38H,1-5,7-8H2,(H,39,49)(H,40,50)(H,27,29,31)(H,28,30,32);;/q;2*+1/p-2/t13-,14-,17-,18-,19-,20-,25-,26-,47?,48?;;/m1../s1. The van der Waals surface area contributed by atoms with Crippen LogP contribution in [-0.4, -0.2) is 119 Å². The Bertz CT molecular complexity index is 2020. The normalized spacial score (nSPS) is 34.9. The fraction of sp³-hybridized carbons (Fsp3) is 0.577. The number of aliphatic hydroxyl groups excluding tert-OH is 3. The van der Waals surface area contributed by atoms with Gasteiger partial charge in [-0.15, -0.1) is 0 Å². The van der Waals surface area contributed by atoms with Crippen molar-refractivity contribution in [1.29, 1.82) is 0 Å². The summed E-state index contributed by atoms with van der Waals surface area (Å²) in [5.41, 5.74) is 1.98. The van der Waals surface area contributed by atoms with Crippen molar-refractivity contribution in [3.8, 4) is 0 Å². The van der Waals surface area contributed by atoms with Gasteiger partial charge >= 0.3 is 59.1 Å². The van der Waals surface area contributed by atoms with E-state index in [2.05, 4.69) is 35.6 Å². The minimum Gasteiger partial charge on any atom is -0.660 e. The molecule has 4 aromatic rings. The summed E-state index contributed by atoms with van der Waals surface area (Å²) in [4.78, 5) is 21.5. The summed E-state index contributed by atoms with van der Waals surface area (Å²) in [5, 5.41) is 39.1. The van der Waals surface area contributed by atoms with Gasteiger partial charge in [0.1, 0.15) is 60.7 Å². The van der Waals surface area contributed by atoms with Crippen molar-refractivity contribution in [1.82, 2.24) is 34.1 Å². The Morgan fingerprint density at radius 1 is 0.885 bits per heavy atom. The molecule has 5 N–H and O–H groups in total. The molecule has 270 valence electrons. The molecule has 0 radical (unpaired) electrons. The maximum atomic E-state index is 13.7. The minimum absolute atomic E-state index is 0. The smallest absolute Gasteiger partial charge is 0.660 e. The summed E-state index contributed by atoms with van der Waals surface area (Å²) >= 11 is 10.5. The molecule has 20 nitrogen and oxygen atoms in total. The number of hydrogen-bond acceptors (Lipinski definition) is 20. The summed E-state index contributed by atoms with van der Waals surface area (Å²) in [6.07, 6.45) is -3.29. The SMILES string of the molecule is O=P1([S-])OC[C@H]2O[C@@H](n3cc4c5c(ncnc53)NCCC4)[C@H](O)[C@@H]2OP(=O)([S-])OC[C@H]2O[C@@H](n3cnc4c(NCCO)ncnc43)[C@H](O1)[C@@H]2O.[Na+].[Na+]. The maximum absolute atomic E-state index is 13.7. The van der Waals surface area contributed by atoms with Crippen LogP contribution in [0.2, 0.25) is 0 Å². The molecule has 3 fully saturated rings. The molecule has 2 unspecified atom stereocenters. The van der Waals surface area contributed by atoms with Gasteiger partial charge in [0, 0.05) is 19.3 Å². The number of imidazole rings is 1. The van der Waals surface area contributed by atoms with E-state index in [9.17, 15) is 24.4 Å². The van der Waals surface area contributed by atoms with Gasteiger partial charge in [-0.2, -0.15) is 0 Å². The molecule has 8 rings (SSSR count). The first-order valence-corrected chi connectivity index (χ1v) is 20.7. The summed E-state index contributed by atoms with van der Waals surface area (Å²) in [6.45, 7) is -9.19. The first kappa shape index (κ1) is 41.2. The molecule has 3 saturated heterocycles. The molecule has 0 aliphatic carbocycles. The van der Waals surface area contributed by atoms with Gasteiger partial charge in [0.15, 0.2) is 36.2 Å². The maximum Gasteiger partial charge on any atom is 1.00 e. The number of anilines is 2. The van der Waals surface area contributed by atoms with Gasteiger partial charge in [0.05, 0.1) is 31.5 Å². The molecule has 4 aliphatic heterocycles. The molecule has 0 amide bonds. The Hall–Kier alpha value is -0.430. The van der Waals surface area contributed by atoms with Crippen LogP contribution < -0.4 is 69.7 Å². The van der Waals surface area contributed by atoms with Gasteiger partial charge in [-0.1, -0.05) is 0 Å². The van der Waals surface area contributed by atoms with Crippen molar-refractivity contribution in [2.24, 2.45) is 0 Å². The van der Waals surface area contributed by atoms with Crippen molar-refractivity contribution in [2.75, 3.05) is 43.5 Å². The monoisotopic (exact) mass is 817 g/mol. The summed E-state index contributed by atoms with van der Waals surface area (Å²) in [7, 11) is 0. The number of ether oxygens (including phenoxy) is 2. The second-order valence-electron chi connectivity index (χ2n) is 11.9. The van der Waals surface area contributed by atoms with Crippen LogP contribution in [0.15, 0.2) is 25.2 Å². The Labute approximate surface area is 350 Å². The number of aromatic nitrogens is 7. The van der Waals surface area contributed by atoms with E-state index in [-0.39, 0.29) is 77.9 Å². The molecule has 2 bridgehead atoms. The van der Waals surface area contributed by atoms with Crippen LogP contribution in [0.1, 0.15) is 24.4 Å². The Morgan fingerprint density at radius 2 is 1.58 bits per heavy atom. The van der Waals surface area contributed by atoms with E-state index < -0.39 is 75.9 Å². The topological polar surface area (TPSA) is 249 Å². The fourth-order valence-electron chi connectivity index (χ4n) is 6.60. The third kappa shape index (κ3) is 7.91. The minimum atomic E-state index is -4.45. The van der Waals surface area contributed by atoms with Gasteiger partial charge in [0.2, 0.25) is 6.80 Å². The fourth-order valence-corrected chi connectivity index (χ4v) is 9.43. The number of hydrogen-bond donors (Lipinski definition) is 5. The molecule has 0 aromatic carbocycles. The summed E-state index contributed by atoms with van der Waals surface area (Å²) < 4.78 is 65.2. The second-order valence-corrected chi connectivity index (χ2v) is 17.4. The van der Waals surface area contributed by atoms with Crippen molar-refractivity contribution in [3.63, 3.8) is 0 Å². The molecule has 0 spiro atoms. The van der Waals surface area contributed by atoms with Gasteiger partial charge in [-0.3, -0.25) is 13.7 Å². The van der Waals surface area contributed by atoms with Gasteiger partial charge in [0.25, 0.3) is 0 Å². The third-order valence-corrected chi connectivity index (χ3v) is 11.9. The number of aryl methyl sites for hydroxylation is 1. The number of fused-ring (bicyclic) bond motifs is 4. The molecule has 4 aromatic heterocycles. The van der Waals surface area contributed by atoms with Gasteiger partial charge in [-0.05, 0) is 18.4 Å². The quantitative estimate of drug-likeness (QED) is 0.0717. The largest absolute Gasteiger partial charge is 1.00 e. The average Bonchev–Trinajstić information content (AvgIpc) is 3.79. The van der Waals surface area contributed by atoms with E-state index in [1.807, 2.05) is 0 Å². The van der Waals surface area contributed by atoms with Crippen molar-refractivity contribution in [2.45, 2.75) is 61.9 Å². The number of nitrogens with one attached hydrogen (secondary N) is 2. The molecular formula is C26H31N9Na2O11P2S2. The van der Waals surface area contributed by atoms with Crippen molar-refractivity contribution < 1.29 is 111 Å². The average molecular weight is 818 g/mol. The molecule has 10 atom stereocenters. The second kappa shape index (κ2) is 16.6. The molecular weight excluding hydrogens is 786 g/mol. The van der Waals surface area contributed by atoms with Crippen LogP contribution in [-0.2, 0) is 67.6 Å². The Balaban J connectivity index is 0.00000232. The summed E-state index contributed by atoms with van der Waals surface area (Å²) in [5.74, 6) is 0.974. The van der Waals surface area contributed by atoms with Gasteiger partial charge < -0.3 is 82.6 Å². The number of rotatable bonds is 5. The zero-order chi connectivity index (χ0) is 34.8. The van der Waals surface area contributed by atoms with E-state index in [4.69, 9.17) is 52.1 Å². The van der Waals surface area contributed by atoms with E-state index in [0.29, 0.717) is 22.8 Å². The van der Waals surface area contributed by atoms with E-state index in [0.717, 1.165) is 30.3 Å². The van der Waals surface area contributed by atoms with Crippen LogP contribution >= 0.6 is 13.6 Å². The summed E-state index contributed by atoms with van der Waals surface area (Å²) in [6, 6.07) is 0. The molecule has 52 heavy (non-hydrogen) atoms. The Morgan fingerprint density at radius 3 is 2.35 bits per heavy atom.